The fraction of sp³-hybridized carbons (Fsp3) is 0.509. The van der Waals surface area contributed by atoms with E-state index >= 15 is 0 Å². The number of nitrogens with zero attached hydrogens (tertiary/aromatic N) is 2. The van der Waals surface area contributed by atoms with Crippen LogP contribution in [0.15, 0.2) is 60.7 Å². The largest absolute Gasteiger partial charge is 0.493 e. The molecule has 4 aromatic rings. The van der Waals surface area contributed by atoms with Crippen LogP contribution in [-0.2, 0) is 35.3 Å². The molecule has 64 heavy (non-hydrogen) atoms. The number of rotatable bonds is 17. The van der Waals surface area contributed by atoms with Crippen molar-refractivity contribution >= 4 is 11.9 Å². The van der Waals surface area contributed by atoms with Gasteiger partial charge in [-0.1, -0.05) is 82.9 Å². The van der Waals surface area contributed by atoms with E-state index in [0.29, 0.717) is 77.0 Å². The van der Waals surface area contributed by atoms with Gasteiger partial charge in [0, 0.05) is 49.9 Å². The Bertz CT molecular complexity index is 2260. The van der Waals surface area contributed by atoms with Gasteiger partial charge in [-0.15, -0.1) is 0 Å². The minimum absolute atomic E-state index is 0.195. The van der Waals surface area contributed by atoms with Gasteiger partial charge >= 0.3 is 11.9 Å². The molecule has 11 heteroatoms. The van der Waals surface area contributed by atoms with Crippen LogP contribution in [0.3, 0.4) is 0 Å². The van der Waals surface area contributed by atoms with Gasteiger partial charge in [-0.25, -0.2) is 4.79 Å². The summed E-state index contributed by atoms with van der Waals surface area (Å²) in [7, 11) is 9.07. The monoisotopic (exact) mass is 877 g/mol. The van der Waals surface area contributed by atoms with Crippen LogP contribution in [0.2, 0.25) is 0 Å². The van der Waals surface area contributed by atoms with Crippen LogP contribution in [0.4, 0.5) is 0 Å². The number of methoxy groups -OCH3 is 3. The summed E-state index contributed by atoms with van der Waals surface area (Å²) in [6, 6.07) is 19.2. The lowest BCUT2D eigenvalue weighted by Crippen LogP contribution is -2.60. The van der Waals surface area contributed by atoms with Crippen molar-refractivity contribution < 1.29 is 47.6 Å². The summed E-state index contributed by atoms with van der Waals surface area (Å²) in [5.41, 5.74) is 6.10. The zero-order valence-corrected chi connectivity index (χ0v) is 39.1. The molecule has 4 aliphatic heterocycles. The average Bonchev–Trinajstić information content (AvgIpc) is 3.28. The second-order valence-corrected chi connectivity index (χ2v) is 18.3. The molecule has 4 heterocycles. The SMILES string of the molecule is CCCCCCCCCCCCC(C(=O)O)[N+]1(C)CCc2cc(OC)c3cc2C1Cc1ccc(cc1)Oc1cc(ccc1OC)CC1c2c(cc(OC)c(OC(C)=O)c2O3)CCN1C. The van der Waals surface area contributed by atoms with Crippen molar-refractivity contribution in [1.29, 1.82) is 0 Å². The van der Waals surface area contributed by atoms with Crippen molar-refractivity contribution in [3.8, 4) is 46.0 Å². The van der Waals surface area contributed by atoms with E-state index in [0.717, 1.165) is 65.6 Å². The number of benzene rings is 4. The first-order chi connectivity index (χ1) is 31.0. The van der Waals surface area contributed by atoms with Crippen LogP contribution < -0.4 is 28.4 Å². The number of fused-ring (bicyclic) bond motifs is 2. The van der Waals surface area contributed by atoms with Gasteiger partial charge in [-0.2, -0.15) is 0 Å². The first-order valence-electron chi connectivity index (χ1n) is 23.5. The highest BCUT2D eigenvalue weighted by Crippen LogP contribution is 2.53. The average molecular weight is 878 g/mol. The third-order valence-corrected chi connectivity index (χ3v) is 14.0. The number of aliphatic carboxylic acids is 1. The molecule has 4 aromatic carbocycles. The topological polar surface area (TPSA) is 113 Å². The van der Waals surface area contributed by atoms with E-state index in [9.17, 15) is 14.7 Å². The molecule has 344 valence electrons. The lowest BCUT2D eigenvalue weighted by atomic mass is 9.84. The second-order valence-electron chi connectivity index (χ2n) is 18.3. The molecular weight excluding hydrogens is 809 g/mol. The summed E-state index contributed by atoms with van der Waals surface area (Å²) in [4.78, 5) is 28.7. The Morgan fingerprint density at radius 1 is 0.766 bits per heavy atom. The number of unbranched alkanes of at least 4 members (excludes halogenated alkanes) is 9. The molecule has 0 aromatic heterocycles. The summed E-state index contributed by atoms with van der Waals surface area (Å²) in [6.45, 7) is 5.06. The molecule has 0 spiro atoms. The van der Waals surface area contributed by atoms with Gasteiger partial charge in [0.1, 0.15) is 11.8 Å². The molecule has 0 saturated heterocycles. The third-order valence-electron chi connectivity index (χ3n) is 14.0. The lowest BCUT2D eigenvalue weighted by molar-refractivity contribution is -0.956. The van der Waals surface area contributed by atoms with E-state index < -0.39 is 18.0 Å². The molecule has 1 N–H and O–H groups in total. The van der Waals surface area contributed by atoms with Crippen LogP contribution in [0, 0.1) is 0 Å². The zero-order valence-electron chi connectivity index (χ0n) is 39.1. The van der Waals surface area contributed by atoms with E-state index in [1.807, 2.05) is 30.3 Å². The predicted octanol–water partition coefficient (Wildman–Crippen LogP) is 11.4. The van der Waals surface area contributed by atoms with Crippen LogP contribution >= 0.6 is 0 Å². The minimum Gasteiger partial charge on any atom is -0.493 e. The fourth-order valence-electron chi connectivity index (χ4n) is 10.4. The molecule has 8 rings (SSSR count). The number of hydrogen-bond acceptors (Lipinski definition) is 9. The van der Waals surface area contributed by atoms with Crippen molar-refractivity contribution in [3.63, 3.8) is 0 Å². The molecule has 0 fully saturated rings. The molecule has 0 saturated carbocycles. The van der Waals surface area contributed by atoms with E-state index in [1.54, 1.807) is 21.3 Å². The van der Waals surface area contributed by atoms with Gasteiger partial charge < -0.3 is 38.0 Å². The van der Waals surface area contributed by atoms with Gasteiger partial charge in [0.15, 0.2) is 40.5 Å². The summed E-state index contributed by atoms with van der Waals surface area (Å²) >= 11 is 0. The van der Waals surface area contributed by atoms with Gasteiger partial charge in [-0.05, 0) is 91.0 Å². The maximum atomic E-state index is 13.5. The van der Waals surface area contributed by atoms with Crippen LogP contribution in [0.25, 0.3) is 0 Å². The number of carbonyl (C=O) groups excluding carboxylic acids is 1. The van der Waals surface area contributed by atoms with Crippen LogP contribution in [-0.4, -0.2) is 81.0 Å². The van der Waals surface area contributed by atoms with E-state index in [2.05, 4.69) is 56.3 Å². The Morgan fingerprint density at radius 3 is 2.06 bits per heavy atom. The summed E-state index contributed by atoms with van der Waals surface area (Å²) in [5.74, 6) is 2.57. The molecule has 4 unspecified atom stereocenters. The fourth-order valence-corrected chi connectivity index (χ4v) is 10.4. The van der Waals surface area contributed by atoms with Crippen molar-refractivity contribution in [2.24, 2.45) is 0 Å². The first-order valence-corrected chi connectivity index (χ1v) is 23.5. The Hall–Kier alpha value is -5.26. The van der Waals surface area contributed by atoms with Crippen molar-refractivity contribution in [2.75, 3.05) is 48.5 Å². The molecule has 0 radical (unpaired) electrons. The number of esters is 1. The standard InChI is InChI=1S/C53H68N2O9/c1-8-9-10-11-12-13-14-15-16-17-18-43(53(57)58)55(4)28-26-38-32-46(60-6)48-34-41(38)44(55)30-36-19-22-40(23-20-36)63-47-31-37(21-24-45(47)59-5)29-42-50-39(25-27-54(42)3)33-49(61-7)51(52(50)64-48)62-35(2)56/h19-24,31-34,42-44H,8-18,25-30H2,1-7H3/p+1. The smallest absolute Gasteiger partial charge is 0.362 e. The Balaban J connectivity index is 1.35. The molecule has 4 atom stereocenters. The van der Waals surface area contributed by atoms with E-state index in [4.69, 9.17) is 28.4 Å². The van der Waals surface area contributed by atoms with Crippen LogP contribution in [0.1, 0.15) is 130 Å². The van der Waals surface area contributed by atoms with Crippen molar-refractivity contribution in [1.82, 2.24) is 4.90 Å². The number of quaternary nitrogens is 1. The molecule has 0 amide bonds. The quantitative estimate of drug-likeness (QED) is 0.0476. The second kappa shape index (κ2) is 21.2. The van der Waals surface area contributed by atoms with Crippen molar-refractivity contribution in [3.05, 3.63) is 94.0 Å². The number of carboxylic acid groups (broad SMARTS) is 1. The summed E-state index contributed by atoms with van der Waals surface area (Å²) in [5, 5.41) is 11.1. The highest BCUT2D eigenvalue weighted by molar-refractivity contribution is 5.74. The molecule has 0 aliphatic carbocycles. The number of likely N-dealkylation sites (N-methyl/N-ethyl adjacent to an activating group) is 2. The Morgan fingerprint density at radius 2 is 1.41 bits per heavy atom. The lowest BCUT2D eigenvalue weighted by Gasteiger charge is -2.49. The molecule has 6 bridgehead atoms. The molecule has 4 aliphatic rings. The van der Waals surface area contributed by atoms with Gasteiger partial charge in [0.05, 0.1) is 34.9 Å². The highest BCUT2D eigenvalue weighted by atomic mass is 16.6. The predicted molar refractivity (Wildman–Crippen MR) is 249 cm³/mol. The number of carbonyl (C=O) groups is 2. The summed E-state index contributed by atoms with van der Waals surface area (Å²) < 4.78 is 37.9. The van der Waals surface area contributed by atoms with Crippen LogP contribution in [0.5, 0.6) is 46.0 Å². The number of carboxylic acids is 1. The maximum absolute atomic E-state index is 13.5. The van der Waals surface area contributed by atoms with E-state index in [-0.39, 0.29) is 17.8 Å². The van der Waals surface area contributed by atoms with Gasteiger partial charge in [-0.3, -0.25) is 9.69 Å². The molecule has 11 nitrogen and oxygen atoms in total. The third kappa shape index (κ3) is 10.3. The number of ether oxygens (including phenoxy) is 6. The minimum atomic E-state index is -0.768. The summed E-state index contributed by atoms with van der Waals surface area (Å²) in [6.07, 6.45) is 15.1. The van der Waals surface area contributed by atoms with Gasteiger partial charge in [0.2, 0.25) is 5.75 Å². The zero-order chi connectivity index (χ0) is 45.4. The van der Waals surface area contributed by atoms with Gasteiger partial charge in [0.25, 0.3) is 0 Å². The normalized spacial score (nSPS) is 19.5. The first kappa shape index (κ1) is 46.7. The maximum Gasteiger partial charge on any atom is 0.362 e. The van der Waals surface area contributed by atoms with E-state index in [1.165, 1.54) is 51.9 Å². The molecular formula is C53H69N2O9+. The Kier molecular flexibility index (Phi) is 15.4. The van der Waals surface area contributed by atoms with Crippen molar-refractivity contribution in [2.45, 2.75) is 128 Å². The highest BCUT2D eigenvalue weighted by Gasteiger charge is 2.48. The number of hydrogen-bond donors (Lipinski definition) is 1. The Labute approximate surface area is 380 Å².